The molecule has 7 nitrogen and oxygen atoms in total. The average molecular weight is 449 g/mol. The maximum absolute atomic E-state index is 12.4. The van der Waals surface area contributed by atoms with Crippen molar-refractivity contribution in [3.05, 3.63) is 59.3 Å². The van der Waals surface area contributed by atoms with E-state index in [2.05, 4.69) is 47.2 Å². The van der Waals surface area contributed by atoms with Gasteiger partial charge in [0.1, 0.15) is 6.04 Å². The molecular formula is C26H32N4O3. The number of hydrogen-bond donors (Lipinski definition) is 3. The molecule has 1 amide bonds. The molecule has 1 fully saturated rings. The quantitative estimate of drug-likeness (QED) is 0.522. The number of nitrogens with one attached hydrogen (secondary N) is 2. The van der Waals surface area contributed by atoms with Crippen LogP contribution in [0.4, 0.5) is 11.4 Å². The fraction of sp³-hybridized carbons (Fsp3) is 0.385. The molecule has 0 bridgehead atoms. The van der Waals surface area contributed by atoms with Crippen LogP contribution in [0.15, 0.2) is 42.6 Å². The Morgan fingerprint density at radius 1 is 1.03 bits per heavy atom. The highest BCUT2D eigenvalue weighted by Crippen LogP contribution is 2.32. The van der Waals surface area contributed by atoms with E-state index >= 15 is 0 Å². The van der Waals surface area contributed by atoms with Crippen LogP contribution in [0.3, 0.4) is 0 Å². The molecular weight excluding hydrogens is 416 g/mol. The number of carbonyl (C=O) groups is 2. The summed E-state index contributed by atoms with van der Waals surface area (Å²) in [6, 6.07) is 11.3. The van der Waals surface area contributed by atoms with E-state index in [0.717, 1.165) is 29.6 Å². The van der Waals surface area contributed by atoms with Crippen LogP contribution in [-0.2, 0) is 9.59 Å². The summed E-state index contributed by atoms with van der Waals surface area (Å²) in [5, 5.41) is 13.9. The van der Waals surface area contributed by atoms with E-state index < -0.39 is 12.0 Å². The van der Waals surface area contributed by atoms with E-state index in [0.29, 0.717) is 18.8 Å². The summed E-state index contributed by atoms with van der Waals surface area (Å²) in [5.74, 6) is -1.07. The molecule has 0 radical (unpaired) electrons. The zero-order chi connectivity index (χ0) is 23.7. The van der Waals surface area contributed by atoms with Crippen LogP contribution < -0.4 is 10.2 Å². The normalized spacial score (nSPS) is 15.7. The molecule has 2 heterocycles. The zero-order valence-electron chi connectivity index (χ0n) is 19.7. The number of hydrogen-bond acceptors (Lipinski definition) is 4. The van der Waals surface area contributed by atoms with Crippen molar-refractivity contribution >= 4 is 34.2 Å². The molecule has 3 N–H and O–H groups in total. The molecule has 0 unspecified atom stereocenters. The van der Waals surface area contributed by atoms with Gasteiger partial charge in [0.2, 0.25) is 5.91 Å². The van der Waals surface area contributed by atoms with Crippen LogP contribution >= 0.6 is 0 Å². The molecule has 0 aliphatic carbocycles. The van der Waals surface area contributed by atoms with Gasteiger partial charge in [-0.3, -0.25) is 14.5 Å². The first-order valence-electron chi connectivity index (χ1n) is 11.5. The predicted octanol–water partition coefficient (Wildman–Crippen LogP) is 4.33. The number of aromatic nitrogens is 1. The number of H-pyrrole nitrogens is 1. The molecule has 0 saturated carbocycles. The Balaban J connectivity index is 1.56. The van der Waals surface area contributed by atoms with Gasteiger partial charge < -0.3 is 20.3 Å². The van der Waals surface area contributed by atoms with Gasteiger partial charge in [-0.2, -0.15) is 0 Å². The first-order chi connectivity index (χ1) is 15.7. The SMILES string of the molecule is Cc1ccc(N2CCN([C@@H](C(=O)O)c3c[nH]c4ccc(NC(=O)C(C)C)cc34)CC2)c(C)c1. The van der Waals surface area contributed by atoms with Crippen LogP contribution in [0.1, 0.15) is 36.6 Å². The number of fused-ring (bicyclic) bond motifs is 1. The highest BCUT2D eigenvalue weighted by molar-refractivity contribution is 5.96. The van der Waals surface area contributed by atoms with Crippen molar-refractivity contribution in [1.29, 1.82) is 0 Å². The molecule has 3 aromatic rings. The Hall–Kier alpha value is -3.32. The molecule has 1 aliphatic heterocycles. The minimum absolute atomic E-state index is 0.0660. The van der Waals surface area contributed by atoms with Crippen LogP contribution in [0.2, 0.25) is 0 Å². The van der Waals surface area contributed by atoms with Gasteiger partial charge in [0, 0.05) is 66.1 Å². The lowest BCUT2D eigenvalue weighted by atomic mass is 10.0. The molecule has 7 heteroatoms. The smallest absolute Gasteiger partial charge is 0.325 e. The van der Waals surface area contributed by atoms with E-state index in [1.807, 2.05) is 36.9 Å². The van der Waals surface area contributed by atoms with E-state index in [1.54, 1.807) is 6.20 Å². The third kappa shape index (κ3) is 4.73. The van der Waals surface area contributed by atoms with Crippen molar-refractivity contribution in [2.45, 2.75) is 33.7 Å². The lowest BCUT2D eigenvalue weighted by molar-refractivity contribution is -0.143. The number of amides is 1. The number of benzene rings is 2. The number of aliphatic carboxylic acids is 1. The third-order valence-corrected chi connectivity index (χ3v) is 6.41. The summed E-state index contributed by atoms with van der Waals surface area (Å²) in [4.78, 5) is 32.1. The van der Waals surface area contributed by atoms with Gasteiger partial charge in [0.15, 0.2) is 0 Å². The van der Waals surface area contributed by atoms with Gasteiger partial charge >= 0.3 is 5.97 Å². The molecule has 0 spiro atoms. The summed E-state index contributed by atoms with van der Waals surface area (Å²) in [6.07, 6.45) is 1.79. The van der Waals surface area contributed by atoms with Crippen molar-refractivity contribution in [3.8, 4) is 0 Å². The van der Waals surface area contributed by atoms with Gasteiger partial charge in [-0.25, -0.2) is 0 Å². The maximum Gasteiger partial charge on any atom is 0.325 e. The number of aromatic amines is 1. The van der Waals surface area contributed by atoms with E-state index in [4.69, 9.17) is 0 Å². The molecule has 1 atom stereocenters. The summed E-state index contributed by atoms with van der Waals surface area (Å²) < 4.78 is 0. The van der Waals surface area contributed by atoms with Gasteiger partial charge in [-0.1, -0.05) is 31.5 Å². The average Bonchev–Trinajstić information content (AvgIpc) is 3.17. The number of piperazine rings is 1. The highest BCUT2D eigenvalue weighted by Gasteiger charge is 2.32. The number of rotatable bonds is 6. The zero-order valence-corrected chi connectivity index (χ0v) is 19.7. The first kappa shape index (κ1) is 22.9. The largest absolute Gasteiger partial charge is 0.480 e. The lowest BCUT2D eigenvalue weighted by Gasteiger charge is -2.39. The van der Waals surface area contributed by atoms with Crippen LogP contribution in [0.5, 0.6) is 0 Å². The molecule has 174 valence electrons. The summed E-state index contributed by atoms with van der Waals surface area (Å²) in [6.45, 7) is 10.7. The first-order valence-corrected chi connectivity index (χ1v) is 11.5. The fourth-order valence-corrected chi connectivity index (χ4v) is 4.60. The van der Waals surface area contributed by atoms with Crippen molar-refractivity contribution in [1.82, 2.24) is 9.88 Å². The van der Waals surface area contributed by atoms with E-state index in [9.17, 15) is 14.7 Å². The Labute approximate surface area is 194 Å². The Bertz CT molecular complexity index is 1180. The minimum Gasteiger partial charge on any atom is -0.480 e. The number of nitrogens with zero attached hydrogens (tertiary/aromatic N) is 2. The van der Waals surface area contributed by atoms with Crippen LogP contribution in [0, 0.1) is 19.8 Å². The number of carboxylic acids is 1. The second-order valence-corrected chi connectivity index (χ2v) is 9.20. The van der Waals surface area contributed by atoms with Crippen molar-refractivity contribution in [2.24, 2.45) is 5.92 Å². The van der Waals surface area contributed by atoms with E-state index in [-0.39, 0.29) is 11.8 Å². The Morgan fingerprint density at radius 2 is 1.76 bits per heavy atom. The monoisotopic (exact) mass is 448 g/mol. The second kappa shape index (κ2) is 9.27. The molecule has 1 aromatic heterocycles. The predicted molar refractivity (Wildman–Crippen MR) is 132 cm³/mol. The maximum atomic E-state index is 12.4. The van der Waals surface area contributed by atoms with Crippen LogP contribution in [0.25, 0.3) is 10.9 Å². The molecule has 33 heavy (non-hydrogen) atoms. The van der Waals surface area contributed by atoms with Crippen LogP contribution in [-0.4, -0.2) is 53.0 Å². The van der Waals surface area contributed by atoms with Crippen molar-refractivity contribution in [2.75, 3.05) is 36.4 Å². The second-order valence-electron chi connectivity index (χ2n) is 9.20. The molecule has 4 rings (SSSR count). The van der Waals surface area contributed by atoms with Gasteiger partial charge in [-0.05, 0) is 43.7 Å². The Morgan fingerprint density at radius 3 is 2.39 bits per heavy atom. The lowest BCUT2D eigenvalue weighted by Crippen LogP contribution is -2.49. The summed E-state index contributed by atoms with van der Waals surface area (Å²) in [7, 11) is 0. The minimum atomic E-state index is -0.868. The molecule has 1 aliphatic rings. The van der Waals surface area contributed by atoms with Gasteiger partial charge in [0.25, 0.3) is 0 Å². The summed E-state index contributed by atoms with van der Waals surface area (Å²) >= 11 is 0. The van der Waals surface area contributed by atoms with Gasteiger partial charge in [-0.15, -0.1) is 0 Å². The highest BCUT2D eigenvalue weighted by atomic mass is 16.4. The summed E-state index contributed by atoms with van der Waals surface area (Å²) in [5.41, 5.74) is 5.94. The van der Waals surface area contributed by atoms with Crippen molar-refractivity contribution < 1.29 is 14.7 Å². The van der Waals surface area contributed by atoms with Gasteiger partial charge in [0.05, 0.1) is 0 Å². The standard InChI is InChI=1S/C26H32N4O3/c1-16(2)25(31)28-19-6-7-22-20(14-19)21(15-27-22)24(26(32)33)30-11-9-29(10-12-30)23-8-5-17(3)13-18(23)4/h5-8,13-16,24,27H,9-12H2,1-4H3,(H,28,31)(H,32,33)/t24-/m1/s1. The number of anilines is 2. The third-order valence-electron chi connectivity index (χ3n) is 6.41. The number of carbonyl (C=O) groups excluding carboxylic acids is 1. The molecule has 2 aromatic carbocycles. The fourth-order valence-electron chi connectivity index (χ4n) is 4.60. The van der Waals surface area contributed by atoms with Crippen molar-refractivity contribution in [3.63, 3.8) is 0 Å². The van der Waals surface area contributed by atoms with E-state index in [1.165, 1.54) is 16.8 Å². The number of carboxylic acid groups (broad SMARTS) is 1. The molecule has 1 saturated heterocycles. The topological polar surface area (TPSA) is 88.7 Å². The number of aryl methyl sites for hydroxylation is 2. The Kier molecular flexibility index (Phi) is 6.42.